The maximum Gasteiger partial charge on any atom is 0.164 e. The molecule has 4 heterocycles. The van der Waals surface area contributed by atoms with Crippen LogP contribution in [0.5, 0.6) is 17.2 Å². The number of aromatic nitrogens is 2. The lowest BCUT2D eigenvalue weighted by Crippen LogP contribution is -2.32. The van der Waals surface area contributed by atoms with Gasteiger partial charge in [0.25, 0.3) is 0 Å². The molecular weight excluding hydrogens is 687 g/mol. The number of carbonyl (C=O) groups is 2. The van der Waals surface area contributed by atoms with E-state index < -0.39 is 5.92 Å². The first-order chi connectivity index (χ1) is 26.9. The molecular formula is C47H47N3O5. The molecule has 55 heavy (non-hydrogen) atoms. The minimum atomic E-state index is -0.481. The highest BCUT2D eigenvalue weighted by molar-refractivity contribution is 6.02. The number of aromatic amines is 2. The summed E-state index contributed by atoms with van der Waals surface area (Å²) >= 11 is 0. The Hall–Kier alpha value is -5.76. The van der Waals surface area contributed by atoms with Gasteiger partial charge in [0.2, 0.25) is 0 Å². The molecule has 8 nitrogen and oxygen atoms in total. The molecule has 0 amide bonds. The minimum absolute atomic E-state index is 0.0501. The number of ether oxygens (including phenoxy) is 1. The van der Waals surface area contributed by atoms with Gasteiger partial charge in [0.05, 0.1) is 13.0 Å². The Kier molecular flexibility index (Phi) is 9.42. The van der Waals surface area contributed by atoms with Crippen molar-refractivity contribution < 1.29 is 24.5 Å². The number of hydrogen-bond donors (Lipinski definition) is 5. The van der Waals surface area contributed by atoms with E-state index in [-0.39, 0.29) is 47.7 Å². The van der Waals surface area contributed by atoms with E-state index in [2.05, 4.69) is 76.0 Å². The summed E-state index contributed by atoms with van der Waals surface area (Å²) < 4.78 is 6.05. The molecule has 8 heteroatoms. The highest BCUT2D eigenvalue weighted by Gasteiger charge is 2.39. The van der Waals surface area contributed by atoms with Gasteiger partial charge in [-0.25, -0.2) is 0 Å². The number of ketones is 2. The monoisotopic (exact) mass is 733 g/mol. The number of nitrogens with one attached hydrogen (secondary N) is 3. The van der Waals surface area contributed by atoms with E-state index in [1.54, 1.807) is 6.07 Å². The second-order valence-electron chi connectivity index (χ2n) is 15.8. The van der Waals surface area contributed by atoms with Crippen molar-refractivity contribution >= 4 is 29.5 Å². The third-order valence-corrected chi connectivity index (χ3v) is 12.2. The highest BCUT2D eigenvalue weighted by Crippen LogP contribution is 2.45. The lowest BCUT2D eigenvalue weighted by atomic mass is 9.69. The van der Waals surface area contributed by atoms with E-state index in [1.165, 1.54) is 0 Å². The van der Waals surface area contributed by atoms with Crippen LogP contribution in [0.4, 0.5) is 5.82 Å². The van der Waals surface area contributed by atoms with Crippen molar-refractivity contribution in [2.24, 2.45) is 11.8 Å². The third-order valence-electron chi connectivity index (χ3n) is 12.2. The number of aromatic hydroxyl groups is 2. The van der Waals surface area contributed by atoms with Crippen LogP contribution in [-0.4, -0.2) is 44.9 Å². The van der Waals surface area contributed by atoms with Crippen LogP contribution in [0.2, 0.25) is 0 Å². The maximum atomic E-state index is 14.7. The average molecular weight is 734 g/mol. The summed E-state index contributed by atoms with van der Waals surface area (Å²) in [6.07, 6.45) is 16.2. The Balaban J connectivity index is 1.08. The second kappa shape index (κ2) is 14.8. The van der Waals surface area contributed by atoms with Crippen LogP contribution in [0, 0.1) is 11.8 Å². The van der Waals surface area contributed by atoms with Gasteiger partial charge in [-0.2, -0.15) is 0 Å². The zero-order chi connectivity index (χ0) is 37.5. The maximum absolute atomic E-state index is 14.7. The van der Waals surface area contributed by atoms with Crippen LogP contribution in [0.1, 0.15) is 93.8 Å². The Morgan fingerprint density at radius 1 is 0.800 bits per heavy atom. The Labute approximate surface area is 321 Å². The van der Waals surface area contributed by atoms with E-state index in [4.69, 9.17) is 4.74 Å². The van der Waals surface area contributed by atoms with Crippen molar-refractivity contribution in [2.45, 2.75) is 70.1 Å². The fourth-order valence-electron chi connectivity index (χ4n) is 9.48. The SMILES string of the molecule is O=C1CCc2cc(c(O)c3c2CCCO3)Cc2cccc(c2)Cc2cc[nH]c2NCC2=Cc3[nH]ccc3[C@@H](C[C@@H]3C=Cc4c(O)cccc4CC3)[C@@H]2C(=O)C1. The summed E-state index contributed by atoms with van der Waals surface area (Å²) in [5, 5.41) is 25.7. The number of Topliss-reactive ketones (excluding diaryl/α,β-unsaturated/α-hetero) is 2. The van der Waals surface area contributed by atoms with E-state index in [0.29, 0.717) is 38.2 Å². The van der Waals surface area contributed by atoms with Gasteiger partial charge in [-0.3, -0.25) is 9.59 Å². The average Bonchev–Trinajstić information content (AvgIpc) is 3.79. The Morgan fingerprint density at radius 3 is 2.53 bits per heavy atom. The second-order valence-corrected chi connectivity index (χ2v) is 15.8. The third kappa shape index (κ3) is 7.02. The molecule has 5 N–H and O–H groups in total. The molecule has 0 unspecified atom stereocenters. The largest absolute Gasteiger partial charge is 0.507 e. The minimum Gasteiger partial charge on any atom is -0.507 e. The number of fused-ring (bicyclic) bond motifs is 10. The molecule has 280 valence electrons. The molecule has 5 aromatic rings. The number of phenols is 2. The van der Waals surface area contributed by atoms with Crippen molar-refractivity contribution in [3.63, 3.8) is 0 Å². The standard InChI is InChI=1S/C47H47N3O5/c51-36-13-12-32-24-34(45(54)46-38(32)7-3-19-55-46)22-30-5-1-4-29(20-30)21-33-15-17-49-47(33)50-27-35-25-41-39(16-18-48-41)40(44(35)43(53)26-36)23-28-9-11-31-6-2-8-42(52)37(31)14-10-28/h1-2,4-6,8,10,14-18,20,24-25,28,40,44,48-50,52,54H,3,7,9,11-13,19,21-23,26-27H2/t28-,40+,44+/m0/s1. The summed E-state index contributed by atoms with van der Waals surface area (Å²) in [5.41, 5.74) is 11.2. The van der Waals surface area contributed by atoms with Crippen molar-refractivity contribution in [3.8, 4) is 17.2 Å². The first-order valence-electron chi connectivity index (χ1n) is 19.8. The molecule has 0 saturated heterocycles. The number of phenolic OH excluding ortho intramolecular Hbond substituents is 2. The molecule has 4 aliphatic rings. The van der Waals surface area contributed by atoms with Crippen LogP contribution in [0.25, 0.3) is 12.2 Å². The number of H-pyrrole nitrogens is 2. The predicted octanol–water partition coefficient (Wildman–Crippen LogP) is 8.61. The number of allylic oxidation sites excluding steroid dienone is 1. The lowest BCUT2D eigenvalue weighted by Gasteiger charge is -2.34. The van der Waals surface area contributed by atoms with Gasteiger partial charge in [0.1, 0.15) is 23.1 Å². The van der Waals surface area contributed by atoms with Crippen LogP contribution in [-0.2, 0) is 41.7 Å². The van der Waals surface area contributed by atoms with Crippen LogP contribution in [0.3, 0.4) is 0 Å². The van der Waals surface area contributed by atoms with Crippen molar-refractivity contribution in [1.82, 2.24) is 9.97 Å². The predicted molar refractivity (Wildman–Crippen MR) is 215 cm³/mol. The summed E-state index contributed by atoms with van der Waals surface area (Å²) in [5.74, 6) is 1.36. The molecule has 0 spiro atoms. The number of rotatable bonds is 2. The molecule has 0 radical (unpaired) electrons. The van der Waals surface area contributed by atoms with E-state index >= 15 is 0 Å². The van der Waals surface area contributed by atoms with Crippen molar-refractivity contribution in [1.29, 1.82) is 0 Å². The zero-order valence-corrected chi connectivity index (χ0v) is 31.0. The normalized spacial score (nSPS) is 21.1. The first kappa shape index (κ1) is 35.0. The summed E-state index contributed by atoms with van der Waals surface area (Å²) in [4.78, 5) is 35.4. The molecule has 2 aliphatic heterocycles. The van der Waals surface area contributed by atoms with Crippen LogP contribution < -0.4 is 10.1 Å². The number of anilines is 1. The molecule has 3 atom stereocenters. The number of benzene rings is 3. The van der Waals surface area contributed by atoms with Gasteiger partial charge < -0.3 is 30.2 Å². The molecule has 4 bridgehead atoms. The van der Waals surface area contributed by atoms with Crippen molar-refractivity contribution in [2.75, 3.05) is 18.5 Å². The number of carbonyl (C=O) groups excluding carboxylic acids is 2. The fourth-order valence-corrected chi connectivity index (χ4v) is 9.48. The Morgan fingerprint density at radius 2 is 1.64 bits per heavy atom. The molecule has 3 aromatic carbocycles. The van der Waals surface area contributed by atoms with E-state index in [1.807, 2.05) is 24.5 Å². The highest BCUT2D eigenvalue weighted by atomic mass is 16.5. The summed E-state index contributed by atoms with van der Waals surface area (Å²) in [6, 6.07) is 20.4. The van der Waals surface area contributed by atoms with Gasteiger partial charge in [0.15, 0.2) is 11.5 Å². The van der Waals surface area contributed by atoms with Crippen molar-refractivity contribution in [3.05, 3.63) is 140 Å². The number of hydrogen-bond acceptors (Lipinski definition) is 6. The molecule has 0 saturated carbocycles. The Bertz CT molecular complexity index is 2340. The van der Waals surface area contributed by atoms with Crippen LogP contribution >= 0.6 is 0 Å². The molecule has 2 aliphatic carbocycles. The van der Waals surface area contributed by atoms with Gasteiger partial charge in [-0.15, -0.1) is 0 Å². The quantitative estimate of drug-likeness (QED) is 0.116. The van der Waals surface area contributed by atoms with Gasteiger partial charge in [0, 0.05) is 72.4 Å². The number of aryl methyl sites for hydroxylation is 2. The fraction of sp³-hybridized carbons (Fsp3) is 0.319. The summed E-state index contributed by atoms with van der Waals surface area (Å²) in [6.45, 7) is 0.997. The van der Waals surface area contributed by atoms with Gasteiger partial charge in [-0.1, -0.05) is 54.6 Å². The smallest absolute Gasteiger partial charge is 0.164 e. The molecule has 2 aromatic heterocycles. The van der Waals surface area contributed by atoms with Gasteiger partial charge >= 0.3 is 0 Å². The molecule has 9 rings (SSSR count). The van der Waals surface area contributed by atoms with Crippen LogP contribution in [0.15, 0.2) is 84.7 Å². The lowest BCUT2D eigenvalue weighted by molar-refractivity contribution is -0.129. The van der Waals surface area contributed by atoms with Gasteiger partial charge in [-0.05, 0) is 108 Å². The first-order valence-corrected chi connectivity index (χ1v) is 19.8. The topological polar surface area (TPSA) is 127 Å². The summed E-state index contributed by atoms with van der Waals surface area (Å²) in [7, 11) is 0. The van der Waals surface area contributed by atoms with E-state index in [9.17, 15) is 19.8 Å². The molecule has 0 fully saturated rings. The zero-order valence-electron chi connectivity index (χ0n) is 31.0. The van der Waals surface area contributed by atoms with E-state index in [0.717, 1.165) is 99.3 Å².